The van der Waals surface area contributed by atoms with Gasteiger partial charge in [0.15, 0.2) is 0 Å². The zero-order valence-corrected chi connectivity index (χ0v) is 15.0. The third kappa shape index (κ3) is 3.87. The topological polar surface area (TPSA) is 32.8 Å². The largest absolute Gasteiger partial charge is 0.496 e. The highest BCUT2D eigenvalue weighted by molar-refractivity contribution is 5.94. The first-order chi connectivity index (χ1) is 12.6. The fourth-order valence-corrected chi connectivity index (χ4v) is 3.23. The van der Waals surface area contributed by atoms with E-state index in [1.807, 2.05) is 17.0 Å². The van der Waals surface area contributed by atoms with Crippen LogP contribution in [0.1, 0.15) is 15.9 Å². The highest BCUT2D eigenvalue weighted by Crippen LogP contribution is 2.23. The number of hydrogen-bond acceptors (Lipinski definition) is 3. The molecule has 1 fully saturated rings. The number of allylic oxidation sites excluding steroid dienone is 1. The Kier molecular flexibility index (Phi) is 5.56. The standard InChI is InChI=1S/C21H23FN2O2/c1-3-4-16-15-17(5-10-20(16)26-2)21(25)24-13-11-23(12-14-24)19-8-6-18(22)7-9-19/h3,5-10,15H,1,4,11-14H2,2H3. The van der Waals surface area contributed by atoms with Crippen LogP contribution in [-0.4, -0.2) is 44.1 Å². The lowest BCUT2D eigenvalue weighted by atomic mass is 10.1. The summed E-state index contributed by atoms with van der Waals surface area (Å²) in [5.74, 6) is 0.552. The van der Waals surface area contributed by atoms with Crippen molar-refractivity contribution in [2.24, 2.45) is 0 Å². The van der Waals surface area contributed by atoms with Gasteiger partial charge in [-0.15, -0.1) is 6.58 Å². The van der Waals surface area contributed by atoms with Gasteiger partial charge < -0.3 is 14.5 Å². The van der Waals surface area contributed by atoms with E-state index in [-0.39, 0.29) is 11.7 Å². The highest BCUT2D eigenvalue weighted by atomic mass is 19.1. The number of anilines is 1. The summed E-state index contributed by atoms with van der Waals surface area (Å²) in [6.07, 6.45) is 2.45. The second-order valence-electron chi connectivity index (χ2n) is 6.28. The van der Waals surface area contributed by atoms with Crippen molar-refractivity contribution < 1.29 is 13.9 Å². The van der Waals surface area contributed by atoms with Gasteiger partial charge in [-0.3, -0.25) is 4.79 Å². The molecule has 1 heterocycles. The van der Waals surface area contributed by atoms with Crippen LogP contribution in [0.3, 0.4) is 0 Å². The van der Waals surface area contributed by atoms with Gasteiger partial charge in [-0.25, -0.2) is 4.39 Å². The molecule has 1 aliphatic rings. The summed E-state index contributed by atoms with van der Waals surface area (Å²) in [7, 11) is 1.62. The van der Waals surface area contributed by atoms with Crippen LogP contribution < -0.4 is 9.64 Å². The number of hydrogen-bond donors (Lipinski definition) is 0. The number of methoxy groups -OCH3 is 1. The zero-order chi connectivity index (χ0) is 18.5. The molecule has 0 saturated carbocycles. The fourth-order valence-electron chi connectivity index (χ4n) is 3.23. The predicted octanol–water partition coefficient (Wildman–Crippen LogP) is 3.53. The minimum atomic E-state index is -0.239. The summed E-state index contributed by atoms with van der Waals surface area (Å²) < 4.78 is 18.4. The molecule has 1 saturated heterocycles. The van der Waals surface area contributed by atoms with Gasteiger partial charge in [0.25, 0.3) is 5.91 Å². The van der Waals surface area contributed by atoms with Gasteiger partial charge in [-0.05, 0) is 54.4 Å². The molecule has 5 heteroatoms. The van der Waals surface area contributed by atoms with E-state index in [2.05, 4.69) is 11.5 Å². The van der Waals surface area contributed by atoms with E-state index in [0.717, 1.165) is 30.1 Å². The van der Waals surface area contributed by atoms with E-state index in [9.17, 15) is 9.18 Å². The molecule has 2 aromatic rings. The van der Waals surface area contributed by atoms with E-state index in [0.29, 0.717) is 25.1 Å². The second-order valence-corrected chi connectivity index (χ2v) is 6.28. The van der Waals surface area contributed by atoms with E-state index in [1.54, 1.807) is 31.4 Å². The lowest BCUT2D eigenvalue weighted by molar-refractivity contribution is 0.0746. The summed E-state index contributed by atoms with van der Waals surface area (Å²) in [4.78, 5) is 16.9. The van der Waals surface area contributed by atoms with Crippen LogP contribution in [0.25, 0.3) is 0 Å². The molecule has 0 aromatic heterocycles. The Hall–Kier alpha value is -2.82. The number of piperazine rings is 1. The molecule has 0 aliphatic carbocycles. The van der Waals surface area contributed by atoms with Gasteiger partial charge >= 0.3 is 0 Å². The Balaban J connectivity index is 1.67. The van der Waals surface area contributed by atoms with Crippen molar-refractivity contribution in [3.8, 4) is 5.75 Å². The van der Waals surface area contributed by atoms with Crippen LogP contribution in [0.2, 0.25) is 0 Å². The summed E-state index contributed by atoms with van der Waals surface area (Å²) in [6.45, 7) is 6.49. The summed E-state index contributed by atoms with van der Waals surface area (Å²) in [6, 6.07) is 12.0. The number of carbonyl (C=O) groups is 1. The van der Waals surface area contributed by atoms with Crippen molar-refractivity contribution >= 4 is 11.6 Å². The lowest BCUT2D eigenvalue weighted by Gasteiger charge is -2.36. The third-order valence-electron chi connectivity index (χ3n) is 4.65. The van der Waals surface area contributed by atoms with E-state index in [1.165, 1.54) is 12.1 Å². The van der Waals surface area contributed by atoms with Crippen molar-refractivity contribution in [3.63, 3.8) is 0 Å². The molecule has 0 spiro atoms. The van der Waals surface area contributed by atoms with Crippen molar-refractivity contribution in [2.75, 3.05) is 38.2 Å². The monoisotopic (exact) mass is 354 g/mol. The predicted molar refractivity (Wildman–Crippen MR) is 101 cm³/mol. The first-order valence-electron chi connectivity index (χ1n) is 8.70. The van der Waals surface area contributed by atoms with Gasteiger partial charge in [-0.1, -0.05) is 6.08 Å². The second kappa shape index (κ2) is 8.04. The molecule has 1 aliphatic heterocycles. The molecule has 3 rings (SSSR count). The number of nitrogens with zero attached hydrogens (tertiary/aromatic N) is 2. The molecule has 0 atom stereocenters. The Morgan fingerprint density at radius 1 is 1.15 bits per heavy atom. The Morgan fingerprint density at radius 3 is 2.46 bits per heavy atom. The van der Waals surface area contributed by atoms with Crippen molar-refractivity contribution in [1.29, 1.82) is 0 Å². The maximum Gasteiger partial charge on any atom is 0.253 e. The minimum Gasteiger partial charge on any atom is -0.496 e. The number of halogens is 1. The van der Waals surface area contributed by atoms with Crippen molar-refractivity contribution in [2.45, 2.75) is 6.42 Å². The van der Waals surface area contributed by atoms with Gasteiger partial charge in [0, 0.05) is 37.4 Å². The van der Waals surface area contributed by atoms with Crippen molar-refractivity contribution in [3.05, 3.63) is 72.1 Å². The number of rotatable bonds is 5. The zero-order valence-electron chi connectivity index (χ0n) is 15.0. The summed E-state index contributed by atoms with van der Waals surface area (Å²) in [5.41, 5.74) is 2.60. The molecule has 26 heavy (non-hydrogen) atoms. The molecule has 0 unspecified atom stereocenters. The van der Waals surface area contributed by atoms with Crippen LogP contribution in [0.4, 0.5) is 10.1 Å². The molecule has 2 aromatic carbocycles. The Labute approximate surface area is 153 Å². The quantitative estimate of drug-likeness (QED) is 0.770. The van der Waals surface area contributed by atoms with Gasteiger partial charge in [0.2, 0.25) is 0 Å². The number of amides is 1. The van der Waals surface area contributed by atoms with Crippen molar-refractivity contribution in [1.82, 2.24) is 4.90 Å². The maximum absolute atomic E-state index is 13.1. The van der Waals surface area contributed by atoms with Crippen LogP contribution in [0.5, 0.6) is 5.75 Å². The first kappa shape index (κ1) is 18.0. The molecule has 0 bridgehead atoms. The average Bonchev–Trinajstić information content (AvgIpc) is 2.68. The minimum absolute atomic E-state index is 0.0247. The average molecular weight is 354 g/mol. The molecular formula is C21H23FN2O2. The molecular weight excluding hydrogens is 331 g/mol. The fraction of sp³-hybridized carbons (Fsp3) is 0.286. The van der Waals surface area contributed by atoms with Crippen LogP contribution in [-0.2, 0) is 6.42 Å². The lowest BCUT2D eigenvalue weighted by Crippen LogP contribution is -2.48. The molecule has 0 N–H and O–H groups in total. The summed E-state index contributed by atoms with van der Waals surface area (Å²) >= 11 is 0. The van der Waals surface area contributed by atoms with Crippen LogP contribution >= 0.6 is 0 Å². The van der Waals surface area contributed by atoms with E-state index < -0.39 is 0 Å². The molecule has 1 amide bonds. The Bertz CT molecular complexity index is 781. The van der Waals surface area contributed by atoms with E-state index >= 15 is 0 Å². The maximum atomic E-state index is 13.1. The van der Waals surface area contributed by atoms with Crippen LogP contribution in [0, 0.1) is 5.82 Å². The van der Waals surface area contributed by atoms with E-state index in [4.69, 9.17) is 4.74 Å². The first-order valence-corrected chi connectivity index (χ1v) is 8.70. The molecule has 0 radical (unpaired) electrons. The SMILES string of the molecule is C=CCc1cc(C(=O)N2CCN(c3ccc(F)cc3)CC2)ccc1OC. The smallest absolute Gasteiger partial charge is 0.253 e. The molecule has 136 valence electrons. The van der Waals surface area contributed by atoms with Gasteiger partial charge in [0.05, 0.1) is 7.11 Å². The summed E-state index contributed by atoms with van der Waals surface area (Å²) in [5, 5.41) is 0. The number of carbonyl (C=O) groups excluding carboxylic acids is 1. The number of ether oxygens (including phenoxy) is 1. The third-order valence-corrected chi connectivity index (χ3v) is 4.65. The number of benzene rings is 2. The normalized spacial score (nSPS) is 14.2. The van der Waals surface area contributed by atoms with Gasteiger partial charge in [0.1, 0.15) is 11.6 Å². The Morgan fingerprint density at radius 2 is 1.85 bits per heavy atom. The van der Waals surface area contributed by atoms with Gasteiger partial charge in [-0.2, -0.15) is 0 Å². The molecule has 4 nitrogen and oxygen atoms in total. The van der Waals surface area contributed by atoms with Crippen LogP contribution in [0.15, 0.2) is 55.1 Å². The highest BCUT2D eigenvalue weighted by Gasteiger charge is 2.23.